The van der Waals surface area contributed by atoms with Crippen LogP contribution in [0.15, 0.2) is 52.9 Å². The molecule has 0 fully saturated rings. The maximum absolute atomic E-state index is 11.5. The summed E-state index contributed by atoms with van der Waals surface area (Å²) in [4.78, 5) is 15.9. The van der Waals surface area contributed by atoms with E-state index in [2.05, 4.69) is 34.6 Å². The van der Waals surface area contributed by atoms with Crippen molar-refractivity contribution in [3.8, 4) is 11.5 Å². The van der Waals surface area contributed by atoms with Crippen LogP contribution < -0.4 is 14.9 Å². The van der Waals surface area contributed by atoms with Crippen molar-refractivity contribution in [2.45, 2.75) is 26.9 Å². The van der Waals surface area contributed by atoms with Gasteiger partial charge in [-0.1, -0.05) is 29.8 Å². The number of nitrogens with zero attached hydrogens (tertiary/aromatic N) is 2. The van der Waals surface area contributed by atoms with Crippen LogP contribution in [0.25, 0.3) is 0 Å². The average molecular weight is 440 g/mol. The van der Waals surface area contributed by atoms with Gasteiger partial charge in [-0.25, -0.2) is 4.98 Å². The zero-order chi connectivity index (χ0) is 22.1. The molecule has 0 bridgehead atoms. The minimum absolute atomic E-state index is 0.149. The number of methoxy groups -OCH3 is 1. The fourth-order valence-corrected chi connectivity index (χ4v) is 3.35. The fourth-order valence-electron chi connectivity index (χ4n) is 2.69. The number of thiazole rings is 1. The molecule has 3 aromatic rings. The van der Waals surface area contributed by atoms with E-state index in [1.54, 1.807) is 25.6 Å². The number of rotatable bonds is 10. The van der Waals surface area contributed by atoms with Crippen LogP contribution >= 0.6 is 11.3 Å². The van der Waals surface area contributed by atoms with Gasteiger partial charge in [-0.3, -0.25) is 10.2 Å². The summed E-state index contributed by atoms with van der Waals surface area (Å²) >= 11 is 1.37. The second kappa shape index (κ2) is 11.1. The molecule has 0 saturated carbocycles. The van der Waals surface area contributed by atoms with Gasteiger partial charge >= 0.3 is 5.97 Å². The summed E-state index contributed by atoms with van der Waals surface area (Å²) in [5.41, 5.74) is 6.66. The number of benzene rings is 2. The van der Waals surface area contributed by atoms with E-state index in [9.17, 15) is 4.79 Å². The molecular weight excluding hydrogens is 414 g/mol. The van der Waals surface area contributed by atoms with Gasteiger partial charge in [-0.05, 0) is 43.2 Å². The molecule has 8 heteroatoms. The van der Waals surface area contributed by atoms with E-state index < -0.39 is 0 Å². The van der Waals surface area contributed by atoms with Crippen LogP contribution in [-0.4, -0.2) is 30.9 Å². The highest BCUT2D eigenvalue weighted by Gasteiger charge is 2.08. The van der Waals surface area contributed by atoms with Crippen molar-refractivity contribution < 1.29 is 19.0 Å². The third kappa shape index (κ3) is 6.82. The Morgan fingerprint density at radius 1 is 1.19 bits per heavy atom. The lowest BCUT2D eigenvalue weighted by Crippen LogP contribution is -2.07. The highest BCUT2D eigenvalue weighted by Crippen LogP contribution is 2.28. The molecule has 0 amide bonds. The van der Waals surface area contributed by atoms with Gasteiger partial charge < -0.3 is 14.2 Å². The lowest BCUT2D eigenvalue weighted by atomic mass is 10.1. The Bertz CT molecular complexity index is 1030. The van der Waals surface area contributed by atoms with Gasteiger partial charge in [-0.2, -0.15) is 5.10 Å². The smallest absolute Gasteiger partial charge is 0.311 e. The van der Waals surface area contributed by atoms with E-state index in [1.807, 2.05) is 30.3 Å². The molecule has 0 radical (unpaired) electrons. The number of nitrogens with one attached hydrogen (secondary N) is 1. The van der Waals surface area contributed by atoms with Crippen molar-refractivity contribution in [1.29, 1.82) is 0 Å². The molecule has 2 aromatic carbocycles. The van der Waals surface area contributed by atoms with E-state index in [-0.39, 0.29) is 12.4 Å². The highest BCUT2D eigenvalue weighted by molar-refractivity contribution is 7.13. The van der Waals surface area contributed by atoms with Crippen LogP contribution in [0.1, 0.15) is 29.3 Å². The highest BCUT2D eigenvalue weighted by atomic mass is 32.1. The molecule has 0 aliphatic rings. The molecule has 1 aromatic heterocycles. The van der Waals surface area contributed by atoms with Crippen molar-refractivity contribution in [2.75, 3.05) is 19.1 Å². The fraction of sp³-hybridized carbons (Fsp3) is 0.261. The van der Waals surface area contributed by atoms with Crippen molar-refractivity contribution in [1.82, 2.24) is 4.98 Å². The molecule has 0 unspecified atom stereocenters. The molecule has 0 aliphatic heterocycles. The van der Waals surface area contributed by atoms with Gasteiger partial charge in [-0.15, -0.1) is 11.3 Å². The number of aryl methyl sites for hydroxylation is 1. The van der Waals surface area contributed by atoms with E-state index in [1.165, 1.54) is 16.9 Å². The number of hydrogen-bond donors (Lipinski definition) is 1. The van der Waals surface area contributed by atoms with Gasteiger partial charge in [0.2, 0.25) is 5.13 Å². The van der Waals surface area contributed by atoms with Crippen LogP contribution in [0.5, 0.6) is 11.5 Å². The normalized spacial score (nSPS) is 10.8. The van der Waals surface area contributed by atoms with Crippen LogP contribution in [0.4, 0.5) is 5.13 Å². The minimum Gasteiger partial charge on any atom is -0.493 e. The lowest BCUT2D eigenvalue weighted by molar-refractivity contribution is -0.142. The Balaban J connectivity index is 1.60. The van der Waals surface area contributed by atoms with Gasteiger partial charge in [0.25, 0.3) is 0 Å². The van der Waals surface area contributed by atoms with Crippen LogP contribution in [0, 0.1) is 6.92 Å². The molecule has 31 heavy (non-hydrogen) atoms. The Morgan fingerprint density at radius 3 is 2.74 bits per heavy atom. The Labute approximate surface area is 185 Å². The summed E-state index contributed by atoms with van der Waals surface area (Å²) in [6, 6.07) is 13.8. The van der Waals surface area contributed by atoms with Crippen molar-refractivity contribution >= 4 is 28.7 Å². The number of carbonyl (C=O) groups is 1. The largest absolute Gasteiger partial charge is 0.493 e. The van der Waals surface area contributed by atoms with E-state index >= 15 is 0 Å². The Morgan fingerprint density at radius 2 is 2.00 bits per heavy atom. The second-order valence-corrected chi connectivity index (χ2v) is 7.54. The summed E-state index contributed by atoms with van der Waals surface area (Å²) in [6.07, 6.45) is 1.82. The summed E-state index contributed by atoms with van der Waals surface area (Å²) in [7, 11) is 1.61. The molecule has 0 saturated heterocycles. The molecule has 1 heterocycles. The summed E-state index contributed by atoms with van der Waals surface area (Å²) < 4.78 is 16.3. The molecule has 0 spiro atoms. The average Bonchev–Trinajstić information content (AvgIpc) is 3.20. The number of ether oxygens (including phenoxy) is 3. The van der Waals surface area contributed by atoms with E-state index in [0.29, 0.717) is 35.5 Å². The standard InChI is InChI=1S/C23H25N3O4S/c1-4-29-22(27)12-19-15-31-23(25-19)26-24-13-18-9-10-20(28-3)21(11-18)30-14-17-7-5-16(2)6-8-17/h5-11,13,15H,4,12,14H2,1-3H3,(H,25,26). The Hall–Kier alpha value is -3.39. The number of esters is 1. The first kappa shape index (κ1) is 22.3. The van der Waals surface area contributed by atoms with Crippen LogP contribution in [0.2, 0.25) is 0 Å². The summed E-state index contributed by atoms with van der Waals surface area (Å²) in [6.45, 7) is 4.63. The van der Waals surface area contributed by atoms with E-state index in [4.69, 9.17) is 14.2 Å². The predicted octanol–water partition coefficient (Wildman–Crippen LogP) is 4.59. The Kier molecular flexibility index (Phi) is 8.00. The summed E-state index contributed by atoms with van der Waals surface area (Å²) in [5.74, 6) is 0.998. The predicted molar refractivity (Wildman–Crippen MR) is 122 cm³/mol. The third-order valence-corrected chi connectivity index (χ3v) is 5.05. The quantitative estimate of drug-likeness (QED) is 0.283. The van der Waals surface area contributed by atoms with Gasteiger partial charge in [0, 0.05) is 5.38 Å². The van der Waals surface area contributed by atoms with E-state index in [0.717, 1.165) is 11.1 Å². The lowest BCUT2D eigenvalue weighted by Gasteiger charge is -2.11. The first-order valence-corrected chi connectivity index (χ1v) is 10.7. The zero-order valence-corrected chi connectivity index (χ0v) is 18.6. The maximum atomic E-state index is 11.5. The van der Waals surface area contributed by atoms with Gasteiger partial charge in [0.15, 0.2) is 11.5 Å². The van der Waals surface area contributed by atoms with Crippen LogP contribution in [-0.2, 0) is 22.6 Å². The van der Waals surface area contributed by atoms with Gasteiger partial charge in [0.1, 0.15) is 6.61 Å². The monoisotopic (exact) mass is 439 g/mol. The molecule has 0 aliphatic carbocycles. The molecule has 1 N–H and O–H groups in total. The van der Waals surface area contributed by atoms with Gasteiger partial charge in [0.05, 0.1) is 32.0 Å². The number of aromatic nitrogens is 1. The van der Waals surface area contributed by atoms with Crippen molar-refractivity contribution in [3.05, 3.63) is 70.2 Å². The first-order chi connectivity index (χ1) is 15.1. The zero-order valence-electron chi connectivity index (χ0n) is 17.8. The number of carbonyl (C=O) groups excluding carboxylic acids is 1. The van der Waals surface area contributed by atoms with Crippen molar-refractivity contribution in [2.24, 2.45) is 5.10 Å². The third-order valence-electron chi connectivity index (χ3n) is 4.26. The minimum atomic E-state index is -0.292. The summed E-state index contributed by atoms with van der Waals surface area (Å²) in [5, 5.41) is 6.63. The topological polar surface area (TPSA) is 82.0 Å². The maximum Gasteiger partial charge on any atom is 0.311 e. The molecule has 162 valence electrons. The second-order valence-electron chi connectivity index (χ2n) is 6.68. The molecule has 7 nitrogen and oxygen atoms in total. The number of hydrogen-bond acceptors (Lipinski definition) is 8. The number of hydrazone groups is 1. The SMILES string of the molecule is CCOC(=O)Cc1csc(NN=Cc2ccc(OC)c(OCc3ccc(C)cc3)c2)n1. The van der Waals surface area contributed by atoms with Crippen molar-refractivity contribution in [3.63, 3.8) is 0 Å². The molecule has 3 rings (SSSR count). The van der Waals surface area contributed by atoms with Crippen LogP contribution in [0.3, 0.4) is 0 Å². The molecular formula is C23H25N3O4S. The molecule has 0 atom stereocenters. The first-order valence-electron chi connectivity index (χ1n) is 9.83. The number of anilines is 1.